The van der Waals surface area contributed by atoms with Gasteiger partial charge in [0.25, 0.3) is 5.91 Å². The highest BCUT2D eigenvalue weighted by atomic mass is 19.4. The molecule has 0 radical (unpaired) electrons. The van der Waals surface area contributed by atoms with Crippen molar-refractivity contribution in [3.63, 3.8) is 0 Å². The Morgan fingerprint density at radius 2 is 1.79 bits per heavy atom. The van der Waals surface area contributed by atoms with E-state index in [4.69, 9.17) is 4.74 Å². The van der Waals surface area contributed by atoms with Crippen LogP contribution in [0, 0.1) is 13.8 Å². The molecule has 2 aromatic carbocycles. The van der Waals surface area contributed by atoms with Crippen LogP contribution in [-0.4, -0.2) is 22.2 Å². The van der Waals surface area contributed by atoms with Crippen LogP contribution in [0.15, 0.2) is 48.5 Å². The van der Waals surface area contributed by atoms with Gasteiger partial charge in [-0.05, 0) is 68.0 Å². The number of aromatic nitrogens is 2. The zero-order chi connectivity index (χ0) is 24.3. The molecular weight excluding hydrogens is 443 g/mol. The maximum Gasteiger partial charge on any atom is 0.435 e. The maximum absolute atomic E-state index is 13.0. The number of para-hydroxylation sites is 1. The molecule has 1 aliphatic carbocycles. The predicted molar refractivity (Wildman–Crippen MR) is 123 cm³/mol. The first-order valence-electron chi connectivity index (χ1n) is 11.4. The lowest BCUT2D eigenvalue weighted by Gasteiger charge is -2.12. The highest BCUT2D eigenvalue weighted by Gasteiger charge is 2.37. The van der Waals surface area contributed by atoms with E-state index in [-0.39, 0.29) is 11.8 Å². The van der Waals surface area contributed by atoms with E-state index >= 15 is 0 Å². The van der Waals surface area contributed by atoms with Crippen LogP contribution < -0.4 is 10.1 Å². The van der Waals surface area contributed by atoms with Crippen LogP contribution in [0.5, 0.6) is 5.75 Å². The summed E-state index contributed by atoms with van der Waals surface area (Å²) in [5.41, 5.74) is 3.41. The van der Waals surface area contributed by atoms with Gasteiger partial charge in [-0.3, -0.25) is 9.48 Å². The molecule has 180 valence electrons. The first kappa shape index (κ1) is 23.9. The van der Waals surface area contributed by atoms with Crippen molar-refractivity contribution in [1.29, 1.82) is 0 Å². The minimum atomic E-state index is -4.45. The average Bonchev–Trinajstić information content (AvgIpc) is 3.54. The number of ether oxygens (including phenoxy) is 1. The number of alkyl halides is 3. The fourth-order valence-corrected chi connectivity index (χ4v) is 3.92. The number of amides is 1. The molecule has 0 unspecified atom stereocenters. The Kier molecular flexibility index (Phi) is 6.95. The van der Waals surface area contributed by atoms with Crippen LogP contribution in [0.3, 0.4) is 0 Å². The van der Waals surface area contributed by atoms with Crippen molar-refractivity contribution in [2.75, 3.05) is 6.54 Å². The molecule has 1 aliphatic rings. The van der Waals surface area contributed by atoms with Gasteiger partial charge in [0.1, 0.15) is 12.4 Å². The van der Waals surface area contributed by atoms with Crippen LogP contribution >= 0.6 is 0 Å². The van der Waals surface area contributed by atoms with E-state index in [9.17, 15) is 18.0 Å². The predicted octanol–water partition coefficient (Wildman–Crippen LogP) is 5.80. The van der Waals surface area contributed by atoms with Gasteiger partial charge < -0.3 is 10.1 Å². The van der Waals surface area contributed by atoms with E-state index in [2.05, 4.69) is 10.4 Å². The zero-order valence-electron chi connectivity index (χ0n) is 19.3. The van der Waals surface area contributed by atoms with Gasteiger partial charge in [-0.15, -0.1) is 0 Å². The van der Waals surface area contributed by atoms with Gasteiger partial charge in [0, 0.05) is 30.3 Å². The number of rotatable bonds is 9. The summed E-state index contributed by atoms with van der Waals surface area (Å²) in [5, 5.41) is 6.57. The molecule has 0 aliphatic heterocycles. The summed E-state index contributed by atoms with van der Waals surface area (Å²) >= 11 is 0. The molecule has 0 atom stereocenters. The molecule has 1 saturated carbocycles. The lowest BCUT2D eigenvalue weighted by molar-refractivity contribution is -0.141. The smallest absolute Gasteiger partial charge is 0.435 e. The number of nitrogens with zero attached hydrogens (tertiary/aromatic N) is 2. The second-order valence-electron chi connectivity index (χ2n) is 8.77. The summed E-state index contributed by atoms with van der Waals surface area (Å²) in [6, 6.07) is 14.3. The number of aryl methyl sites for hydroxylation is 3. The third-order valence-corrected chi connectivity index (χ3v) is 5.94. The maximum atomic E-state index is 13.0. The topological polar surface area (TPSA) is 56.1 Å². The molecule has 1 fully saturated rings. The standard InChI is InChI=1S/C26H28F3N3O2/c1-17-5-3-6-18(2)24(17)34-16-19-7-9-21(10-8-19)25(33)30-13-4-14-32-22(20-11-12-20)15-23(31-32)26(27,28)29/h3,5-10,15,20H,4,11-14,16H2,1-2H3,(H,30,33). The van der Waals surface area contributed by atoms with Crippen LogP contribution in [0.25, 0.3) is 0 Å². The van der Waals surface area contributed by atoms with Gasteiger partial charge in [0.15, 0.2) is 5.69 Å². The number of hydrogen-bond donors (Lipinski definition) is 1. The summed E-state index contributed by atoms with van der Waals surface area (Å²) in [6.07, 6.45) is -2.16. The minimum absolute atomic E-state index is 0.162. The summed E-state index contributed by atoms with van der Waals surface area (Å²) in [4.78, 5) is 12.4. The average molecular weight is 472 g/mol. The van der Waals surface area contributed by atoms with Gasteiger partial charge in [0.2, 0.25) is 0 Å². The van der Waals surface area contributed by atoms with Gasteiger partial charge in [-0.2, -0.15) is 18.3 Å². The molecule has 34 heavy (non-hydrogen) atoms. The van der Waals surface area contributed by atoms with E-state index in [1.807, 2.05) is 44.2 Å². The van der Waals surface area contributed by atoms with Crippen LogP contribution in [0.2, 0.25) is 0 Å². The number of carbonyl (C=O) groups is 1. The third kappa shape index (κ3) is 5.79. The molecular formula is C26H28F3N3O2. The number of halogens is 3. The molecule has 0 spiro atoms. The van der Waals surface area contributed by atoms with Gasteiger partial charge >= 0.3 is 6.18 Å². The first-order valence-corrected chi connectivity index (χ1v) is 11.4. The third-order valence-electron chi connectivity index (χ3n) is 5.94. The van der Waals surface area contributed by atoms with Crippen molar-refractivity contribution >= 4 is 5.91 Å². The number of nitrogens with one attached hydrogen (secondary N) is 1. The molecule has 8 heteroatoms. The second-order valence-corrected chi connectivity index (χ2v) is 8.77. The lowest BCUT2D eigenvalue weighted by Crippen LogP contribution is -2.25. The quantitative estimate of drug-likeness (QED) is 0.402. The van der Waals surface area contributed by atoms with Crippen LogP contribution in [-0.2, 0) is 19.3 Å². The monoisotopic (exact) mass is 471 g/mol. The van der Waals surface area contributed by atoms with Crippen LogP contribution in [0.1, 0.15) is 63.6 Å². The van der Waals surface area contributed by atoms with E-state index < -0.39 is 11.9 Å². The number of benzene rings is 2. The Morgan fingerprint density at radius 1 is 1.12 bits per heavy atom. The SMILES string of the molecule is Cc1cccc(C)c1OCc1ccc(C(=O)NCCCn2nc(C(F)(F)F)cc2C2CC2)cc1. The fraction of sp³-hybridized carbons (Fsp3) is 0.385. The molecule has 4 rings (SSSR count). The molecule has 1 aromatic heterocycles. The van der Waals surface area contributed by atoms with Crippen LogP contribution in [0.4, 0.5) is 13.2 Å². The molecule has 1 amide bonds. The first-order chi connectivity index (χ1) is 16.2. The van der Waals surface area contributed by atoms with Gasteiger partial charge in [-0.1, -0.05) is 30.3 Å². The Labute approximate surface area is 196 Å². The molecule has 0 saturated heterocycles. The van der Waals surface area contributed by atoms with Crippen molar-refractivity contribution in [3.05, 3.63) is 82.2 Å². The normalized spacial score (nSPS) is 13.7. The molecule has 0 bridgehead atoms. The van der Waals surface area contributed by atoms with Crippen molar-refractivity contribution in [3.8, 4) is 5.75 Å². The number of hydrogen-bond acceptors (Lipinski definition) is 3. The van der Waals surface area contributed by atoms with Gasteiger partial charge in [-0.25, -0.2) is 0 Å². The van der Waals surface area contributed by atoms with E-state index in [1.165, 1.54) is 4.68 Å². The van der Waals surface area contributed by atoms with Crippen molar-refractivity contribution < 1.29 is 22.7 Å². The Morgan fingerprint density at radius 3 is 2.41 bits per heavy atom. The molecule has 3 aromatic rings. The highest BCUT2D eigenvalue weighted by Crippen LogP contribution is 2.42. The minimum Gasteiger partial charge on any atom is -0.488 e. The highest BCUT2D eigenvalue weighted by molar-refractivity contribution is 5.94. The Bertz CT molecular complexity index is 1130. The van der Waals surface area contributed by atoms with E-state index in [0.29, 0.717) is 37.4 Å². The summed E-state index contributed by atoms with van der Waals surface area (Å²) < 4.78 is 46.4. The lowest BCUT2D eigenvalue weighted by atomic mass is 10.1. The zero-order valence-corrected chi connectivity index (χ0v) is 19.3. The van der Waals surface area contributed by atoms with Gasteiger partial charge in [0.05, 0.1) is 0 Å². The second kappa shape index (κ2) is 9.91. The Hall–Kier alpha value is -3.29. The number of carbonyl (C=O) groups excluding carboxylic acids is 1. The largest absolute Gasteiger partial charge is 0.488 e. The van der Waals surface area contributed by atoms with E-state index in [0.717, 1.165) is 41.3 Å². The fourth-order valence-electron chi connectivity index (χ4n) is 3.92. The van der Waals surface area contributed by atoms with E-state index in [1.54, 1.807) is 12.1 Å². The molecule has 5 nitrogen and oxygen atoms in total. The summed E-state index contributed by atoms with van der Waals surface area (Å²) in [5.74, 6) is 0.810. The summed E-state index contributed by atoms with van der Waals surface area (Å²) in [6.45, 7) is 5.09. The molecule has 1 N–H and O–H groups in total. The van der Waals surface area contributed by atoms with Crippen molar-refractivity contribution in [2.45, 2.75) is 58.4 Å². The molecule has 1 heterocycles. The van der Waals surface area contributed by atoms with Crippen molar-refractivity contribution in [1.82, 2.24) is 15.1 Å². The van der Waals surface area contributed by atoms with Crippen molar-refractivity contribution in [2.24, 2.45) is 0 Å². The summed E-state index contributed by atoms with van der Waals surface area (Å²) in [7, 11) is 0. The Balaban J connectivity index is 1.26.